The monoisotopic (exact) mass is 300 g/mol. The van der Waals surface area contributed by atoms with Crippen molar-refractivity contribution in [2.45, 2.75) is 26.3 Å². The predicted molar refractivity (Wildman–Crippen MR) is 66.8 cm³/mol. The molecule has 0 spiro atoms. The maximum absolute atomic E-state index is 11.8. The van der Waals surface area contributed by atoms with Gasteiger partial charge in [0.15, 0.2) is 0 Å². The van der Waals surface area contributed by atoms with Gasteiger partial charge in [-0.15, -0.1) is 0 Å². The average Bonchev–Trinajstić information content (AvgIpc) is 2.28. The zero-order valence-corrected chi connectivity index (χ0v) is 11.1. The Hall–Kier alpha value is -1.43. The second kappa shape index (κ2) is 5.77. The van der Waals surface area contributed by atoms with Crippen molar-refractivity contribution < 1.29 is 14.7 Å². The van der Waals surface area contributed by atoms with Crippen molar-refractivity contribution in [3.63, 3.8) is 0 Å². The highest BCUT2D eigenvalue weighted by Crippen LogP contribution is 2.21. The molecule has 1 aromatic rings. The number of amides is 1. The Morgan fingerprint density at radius 1 is 1.53 bits per heavy atom. The normalized spacial score (nSPS) is 11.9. The molecule has 0 bridgehead atoms. The van der Waals surface area contributed by atoms with Crippen LogP contribution in [0.1, 0.15) is 20.3 Å². The van der Waals surface area contributed by atoms with Crippen molar-refractivity contribution in [2.75, 3.05) is 4.90 Å². The molecule has 0 aliphatic rings. The van der Waals surface area contributed by atoms with E-state index in [1.807, 2.05) is 0 Å². The maximum atomic E-state index is 11.8. The van der Waals surface area contributed by atoms with Crippen molar-refractivity contribution in [3.05, 3.63) is 22.9 Å². The molecule has 6 heteroatoms. The van der Waals surface area contributed by atoms with E-state index in [2.05, 4.69) is 20.9 Å². The first-order valence-corrected chi connectivity index (χ1v) is 5.92. The van der Waals surface area contributed by atoms with Crippen LogP contribution in [0.2, 0.25) is 0 Å². The molecule has 1 heterocycles. The van der Waals surface area contributed by atoms with Gasteiger partial charge in [0.2, 0.25) is 5.91 Å². The van der Waals surface area contributed by atoms with E-state index in [1.165, 1.54) is 18.0 Å². The van der Waals surface area contributed by atoms with E-state index >= 15 is 0 Å². The van der Waals surface area contributed by atoms with Crippen molar-refractivity contribution in [1.29, 1.82) is 0 Å². The molecule has 0 aliphatic carbocycles. The molecule has 0 aliphatic heterocycles. The number of pyridine rings is 1. The summed E-state index contributed by atoms with van der Waals surface area (Å²) in [6, 6.07) is 0.749. The predicted octanol–water partition coefficient (Wildman–Crippen LogP) is 2.06. The molecule has 1 amide bonds. The van der Waals surface area contributed by atoms with Crippen LogP contribution in [0.4, 0.5) is 5.69 Å². The summed E-state index contributed by atoms with van der Waals surface area (Å²) in [6.07, 6.45) is 3.28. The van der Waals surface area contributed by atoms with Gasteiger partial charge < -0.3 is 5.11 Å². The third kappa shape index (κ3) is 3.26. The van der Waals surface area contributed by atoms with E-state index in [9.17, 15) is 9.59 Å². The third-order valence-electron chi connectivity index (χ3n) is 2.28. The van der Waals surface area contributed by atoms with E-state index in [1.54, 1.807) is 19.2 Å². The zero-order chi connectivity index (χ0) is 13.0. The molecule has 0 fully saturated rings. The highest BCUT2D eigenvalue weighted by Gasteiger charge is 2.26. The van der Waals surface area contributed by atoms with Crippen molar-refractivity contribution in [1.82, 2.24) is 4.98 Å². The molecule has 1 N–H and O–H groups in total. The van der Waals surface area contributed by atoms with Gasteiger partial charge in [0.05, 0.1) is 11.9 Å². The van der Waals surface area contributed by atoms with E-state index in [4.69, 9.17) is 5.11 Å². The molecule has 0 radical (unpaired) electrons. The van der Waals surface area contributed by atoms with Gasteiger partial charge in [-0.25, -0.2) is 4.79 Å². The maximum Gasteiger partial charge on any atom is 0.326 e. The van der Waals surface area contributed by atoms with Gasteiger partial charge in [-0.1, -0.05) is 6.92 Å². The number of aromatic nitrogens is 1. The first kappa shape index (κ1) is 13.6. The first-order valence-electron chi connectivity index (χ1n) is 5.12. The summed E-state index contributed by atoms with van der Waals surface area (Å²) in [4.78, 5) is 27.9. The highest BCUT2D eigenvalue weighted by molar-refractivity contribution is 9.10. The number of hydrogen-bond donors (Lipinski definition) is 1. The molecule has 0 saturated heterocycles. The molecule has 1 aromatic heterocycles. The molecule has 0 aromatic carbocycles. The lowest BCUT2D eigenvalue weighted by atomic mass is 10.2. The van der Waals surface area contributed by atoms with Gasteiger partial charge in [0.25, 0.3) is 0 Å². The van der Waals surface area contributed by atoms with Crippen LogP contribution < -0.4 is 4.90 Å². The minimum atomic E-state index is -1.05. The molecule has 1 rings (SSSR count). The second-order valence-electron chi connectivity index (χ2n) is 3.49. The quantitative estimate of drug-likeness (QED) is 0.924. The van der Waals surface area contributed by atoms with Gasteiger partial charge in [-0.3, -0.25) is 14.7 Å². The molecule has 92 valence electrons. The molecule has 1 atom stereocenters. The number of nitrogens with zero attached hydrogens (tertiary/aromatic N) is 2. The van der Waals surface area contributed by atoms with Crippen LogP contribution in [-0.2, 0) is 9.59 Å². The molecule has 0 saturated carbocycles. The molecule has 1 unspecified atom stereocenters. The Morgan fingerprint density at radius 3 is 2.65 bits per heavy atom. The summed E-state index contributed by atoms with van der Waals surface area (Å²) in [5, 5.41) is 9.00. The van der Waals surface area contributed by atoms with E-state index in [0.29, 0.717) is 10.2 Å². The topological polar surface area (TPSA) is 70.5 Å². The fourth-order valence-corrected chi connectivity index (χ4v) is 1.75. The standard InChI is InChI=1S/C11H13BrN2O3/c1-3-10(15)14(7(2)11(16)17)9-4-8(12)5-13-6-9/h4-7H,3H2,1-2H3,(H,16,17). The Labute approximate surface area is 108 Å². The fourth-order valence-electron chi connectivity index (χ4n) is 1.40. The SMILES string of the molecule is CCC(=O)N(c1cncc(Br)c1)C(C)C(=O)O. The zero-order valence-electron chi connectivity index (χ0n) is 9.55. The van der Waals surface area contributed by atoms with Crippen molar-refractivity contribution in [3.8, 4) is 0 Å². The number of halogens is 1. The van der Waals surface area contributed by atoms with Gasteiger partial charge in [0.1, 0.15) is 6.04 Å². The number of hydrogen-bond acceptors (Lipinski definition) is 3. The van der Waals surface area contributed by atoms with Crippen LogP contribution in [0.5, 0.6) is 0 Å². The largest absolute Gasteiger partial charge is 0.480 e. The minimum Gasteiger partial charge on any atom is -0.480 e. The van der Waals surface area contributed by atoms with E-state index in [0.717, 1.165) is 0 Å². The minimum absolute atomic E-state index is 0.240. The lowest BCUT2D eigenvalue weighted by Gasteiger charge is -2.26. The third-order valence-corrected chi connectivity index (χ3v) is 2.72. The molecule has 17 heavy (non-hydrogen) atoms. The molecular weight excluding hydrogens is 288 g/mol. The number of aliphatic carboxylic acids is 1. The van der Waals surface area contributed by atoms with Gasteiger partial charge >= 0.3 is 5.97 Å². The number of carboxylic acid groups (broad SMARTS) is 1. The number of carbonyl (C=O) groups is 2. The van der Waals surface area contributed by atoms with Crippen molar-refractivity contribution >= 4 is 33.5 Å². The summed E-state index contributed by atoms with van der Waals surface area (Å²) in [5.74, 6) is -1.30. The number of carboxylic acids is 1. The van der Waals surface area contributed by atoms with E-state index < -0.39 is 12.0 Å². The van der Waals surface area contributed by atoms with Crippen LogP contribution in [0.25, 0.3) is 0 Å². The Balaban J connectivity index is 3.15. The smallest absolute Gasteiger partial charge is 0.326 e. The first-order chi connectivity index (χ1) is 7.97. The number of carbonyl (C=O) groups excluding carboxylic acids is 1. The highest BCUT2D eigenvalue weighted by atomic mass is 79.9. The lowest BCUT2D eigenvalue weighted by molar-refractivity contribution is -0.139. The summed E-state index contributed by atoms with van der Waals surface area (Å²) in [5.41, 5.74) is 0.473. The second-order valence-corrected chi connectivity index (χ2v) is 4.41. The van der Waals surface area contributed by atoms with Crippen LogP contribution >= 0.6 is 15.9 Å². The number of anilines is 1. The summed E-state index contributed by atoms with van der Waals surface area (Å²) in [7, 11) is 0. The molecular formula is C11H13BrN2O3. The van der Waals surface area contributed by atoms with Gasteiger partial charge in [-0.05, 0) is 28.9 Å². The van der Waals surface area contributed by atoms with Gasteiger partial charge in [0, 0.05) is 17.1 Å². The lowest BCUT2D eigenvalue weighted by Crippen LogP contribution is -2.43. The Morgan fingerprint density at radius 2 is 2.18 bits per heavy atom. The average molecular weight is 301 g/mol. The summed E-state index contributed by atoms with van der Waals surface area (Å²) < 4.78 is 0.696. The van der Waals surface area contributed by atoms with Crippen LogP contribution in [0.15, 0.2) is 22.9 Å². The number of rotatable bonds is 4. The van der Waals surface area contributed by atoms with E-state index in [-0.39, 0.29) is 12.3 Å². The Kier molecular flexibility index (Phi) is 4.62. The van der Waals surface area contributed by atoms with Crippen LogP contribution in [0.3, 0.4) is 0 Å². The van der Waals surface area contributed by atoms with Crippen LogP contribution in [0, 0.1) is 0 Å². The van der Waals surface area contributed by atoms with Gasteiger partial charge in [-0.2, -0.15) is 0 Å². The summed E-state index contributed by atoms with van der Waals surface area (Å²) >= 11 is 3.24. The fraction of sp³-hybridized carbons (Fsp3) is 0.364. The summed E-state index contributed by atoms with van der Waals surface area (Å²) in [6.45, 7) is 3.16. The molecule has 5 nitrogen and oxygen atoms in total. The van der Waals surface area contributed by atoms with Crippen molar-refractivity contribution in [2.24, 2.45) is 0 Å². The Bertz CT molecular complexity index is 436. The van der Waals surface area contributed by atoms with Crippen LogP contribution in [-0.4, -0.2) is 28.0 Å².